The molecule has 1 fully saturated rings. The van der Waals surface area contributed by atoms with Crippen LogP contribution < -0.4 is 5.32 Å². The highest BCUT2D eigenvalue weighted by molar-refractivity contribution is 7.16. The minimum absolute atomic E-state index is 0.137. The highest BCUT2D eigenvalue weighted by Gasteiger charge is 2.39. The van der Waals surface area contributed by atoms with Crippen LogP contribution in [0.2, 0.25) is 0 Å². The Kier molecular flexibility index (Phi) is 6.66. The third kappa shape index (κ3) is 5.12. The summed E-state index contributed by atoms with van der Waals surface area (Å²) in [5.74, 6) is -0.238. The summed E-state index contributed by atoms with van der Waals surface area (Å²) < 4.78 is 15.5. The van der Waals surface area contributed by atoms with Crippen LogP contribution in [0.4, 0.5) is 21.0 Å². The number of hydrogen-bond donors (Lipinski definition) is 2. The normalized spacial score (nSPS) is 16.1. The van der Waals surface area contributed by atoms with Crippen LogP contribution in [0, 0.1) is 11.2 Å². The van der Waals surface area contributed by atoms with Crippen LogP contribution in [-0.4, -0.2) is 72.5 Å². The number of rotatable bonds is 4. The Labute approximate surface area is 222 Å². The monoisotopic (exact) mass is 535 g/mol. The van der Waals surface area contributed by atoms with Gasteiger partial charge >= 0.3 is 6.09 Å². The van der Waals surface area contributed by atoms with E-state index in [1.54, 1.807) is 34.7 Å². The van der Waals surface area contributed by atoms with Crippen LogP contribution in [0.15, 0.2) is 48.2 Å². The summed E-state index contributed by atoms with van der Waals surface area (Å²) in [6.07, 6.45) is 1.56. The maximum atomic E-state index is 14.5. The number of piperazine rings is 1. The lowest BCUT2D eigenvalue weighted by Crippen LogP contribution is -2.60. The third-order valence-electron chi connectivity index (χ3n) is 6.51. The van der Waals surface area contributed by atoms with Gasteiger partial charge in [-0.2, -0.15) is 0 Å². The van der Waals surface area contributed by atoms with Gasteiger partial charge in [-0.3, -0.25) is 4.79 Å². The van der Waals surface area contributed by atoms with E-state index in [1.807, 2.05) is 26.8 Å². The minimum Gasteiger partial charge on any atom is -0.465 e. The number of aromatic nitrogens is 4. The van der Waals surface area contributed by atoms with Gasteiger partial charge in [-0.25, -0.2) is 29.1 Å². The van der Waals surface area contributed by atoms with Crippen molar-refractivity contribution < 1.29 is 19.1 Å². The molecule has 1 atom stereocenters. The molecule has 0 aliphatic carbocycles. The molecular weight excluding hydrogens is 509 g/mol. The molecule has 0 saturated carbocycles. The second-order valence-electron chi connectivity index (χ2n) is 10.1. The van der Waals surface area contributed by atoms with E-state index in [0.717, 1.165) is 16.4 Å². The Hall–Kier alpha value is -4.19. The zero-order valence-electron chi connectivity index (χ0n) is 21.1. The topological polar surface area (TPSA) is 124 Å². The zero-order chi connectivity index (χ0) is 27.0. The Morgan fingerprint density at radius 3 is 2.63 bits per heavy atom. The lowest BCUT2D eigenvalue weighted by molar-refractivity contribution is 0.0198. The summed E-state index contributed by atoms with van der Waals surface area (Å²) in [4.78, 5) is 44.8. The molecule has 0 bridgehead atoms. The largest absolute Gasteiger partial charge is 0.465 e. The van der Waals surface area contributed by atoms with E-state index in [1.165, 1.54) is 22.4 Å². The first-order chi connectivity index (χ1) is 18.1. The summed E-state index contributed by atoms with van der Waals surface area (Å²) in [7, 11) is 0. The van der Waals surface area contributed by atoms with Crippen molar-refractivity contribution in [2.75, 3.05) is 25.0 Å². The van der Waals surface area contributed by atoms with Crippen molar-refractivity contribution in [3.63, 3.8) is 0 Å². The number of halogens is 1. The van der Waals surface area contributed by atoms with Gasteiger partial charge in [-0.1, -0.05) is 26.8 Å². The SMILES string of the molecule is CC(C)(C)C1CN(C(=O)c2ccc(Nc3ncc(F)c(-c4ccc5scnc5c4)n3)nc2)CCN1C(=O)O. The summed E-state index contributed by atoms with van der Waals surface area (Å²) >= 11 is 1.50. The van der Waals surface area contributed by atoms with Gasteiger partial charge in [-0.15, -0.1) is 11.3 Å². The number of fused-ring (bicyclic) bond motifs is 1. The van der Waals surface area contributed by atoms with E-state index < -0.39 is 11.9 Å². The molecule has 12 heteroatoms. The van der Waals surface area contributed by atoms with Gasteiger partial charge in [0.2, 0.25) is 5.95 Å². The van der Waals surface area contributed by atoms with E-state index in [9.17, 15) is 19.1 Å². The van der Waals surface area contributed by atoms with E-state index in [-0.39, 0.29) is 35.6 Å². The van der Waals surface area contributed by atoms with Crippen LogP contribution in [-0.2, 0) is 0 Å². The Morgan fingerprint density at radius 1 is 1.11 bits per heavy atom. The summed E-state index contributed by atoms with van der Waals surface area (Å²) in [5.41, 5.74) is 3.26. The van der Waals surface area contributed by atoms with Gasteiger partial charge < -0.3 is 20.2 Å². The van der Waals surface area contributed by atoms with Gasteiger partial charge in [0, 0.05) is 31.4 Å². The molecule has 0 spiro atoms. The number of benzene rings is 1. The fourth-order valence-electron chi connectivity index (χ4n) is 4.46. The number of carbonyl (C=O) groups is 2. The fraction of sp³-hybridized carbons (Fsp3) is 0.308. The standard InChI is InChI=1S/C26H26FN7O3S/c1-26(2,3)20-13-33(8-9-34(20)25(36)37)23(35)16-5-7-21(28-11-16)31-24-29-12-17(27)22(32-24)15-4-6-19-18(10-15)30-14-38-19/h4-7,10-12,14,20H,8-9,13H2,1-3H3,(H,36,37)(H,28,29,31,32). The number of carbonyl (C=O) groups excluding carboxylic acids is 1. The van der Waals surface area contributed by atoms with Crippen molar-refractivity contribution in [1.82, 2.24) is 29.7 Å². The zero-order valence-corrected chi connectivity index (χ0v) is 21.9. The number of nitrogens with zero attached hydrogens (tertiary/aromatic N) is 6. The van der Waals surface area contributed by atoms with Crippen molar-refractivity contribution >= 4 is 45.3 Å². The van der Waals surface area contributed by atoms with Crippen LogP contribution >= 0.6 is 11.3 Å². The molecule has 4 aromatic rings. The number of carboxylic acid groups (broad SMARTS) is 1. The molecule has 1 aliphatic heterocycles. The molecule has 5 rings (SSSR count). The molecule has 10 nitrogen and oxygen atoms in total. The van der Waals surface area contributed by atoms with Gasteiger partial charge in [0.05, 0.1) is 33.5 Å². The summed E-state index contributed by atoms with van der Waals surface area (Å²) in [5, 5.41) is 12.5. The maximum absolute atomic E-state index is 14.5. The second kappa shape index (κ2) is 9.93. The fourth-order valence-corrected chi connectivity index (χ4v) is 5.12. The summed E-state index contributed by atoms with van der Waals surface area (Å²) in [6.45, 7) is 6.73. The van der Waals surface area contributed by atoms with E-state index in [0.29, 0.717) is 30.0 Å². The number of hydrogen-bond acceptors (Lipinski definition) is 8. The van der Waals surface area contributed by atoms with E-state index in [2.05, 4.69) is 25.3 Å². The maximum Gasteiger partial charge on any atom is 0.407 e. The lowest BCUT2D eigenvalue weighted by atomic mass is 9.84. The lowest BCUT2D eigenvalue weighted by Gasteiger charge is -2.45. The van der Waals surface area contributed by atoms with E-state index >= 15 is 0 Å². The number of pyridine rings is 1. The molecule has 196 valence electrons. The predicted molar refractivity (Wildman–Crippen MR) is 142 cm³/mol. The second-order valence-corrected chi connectivity index (χ2v) is 11.0. The van der Waals surface area contributed by atoms with E-state index in [4.69, 9.17) is 0 Å². The first-order valence-electron chi connectivity index (χ1n) is 12.0. The molecule has 1 saturated heterocycles. The third-order valence-corrected chi connectivity index (χ3v) is 7.32. The van der Waals surface area contributed by atoms with Gasteiger partial charge in [0.15, 0.2) is 5.82 Å². The number of amides is 2. The van der Waals surface area contributed by atoms with Crippen LogP contribution in [0.1, 0.15) is 31.1 Å². The highest BCUT2D eigenvalue weighted by Crippen LogP contribution is 2.29. The number of anilines is 2. The quantitative estimate of drug-likeness (QED) is 0.379. The van der Waals surface area contributed by atoms with Gasteiger partial charge in [-0.05, 0) is 29.7 Å². The van der Waals surface area contributed by atoms with Gasteiger partial charge in [0.25, 0.3) is 5.91 Å². The average Bonchev–Trinajstić information content (AvgIpc) is 3.37. The average molecular weight is 536 g/mol. The van der Waals surface area contributed by atoms with Crippen molar-refractivity contribution in [3.05, 3.63) is 59.6 Å². The van der Waals surface area contributed by atoms with Crippen LogP contribution in [0.3, 0.4) is 0 Å². The molecule has 38 heavy (non-hydrogen) atoms. The van der Waals surface area contributed by atoms with Crippen LogP contribution in [0.5, 0.6) is 0 Å². The molecule has 0 radical (unpaired) electrons. The minimum atomic E-state index is -0.982. The molecule has 3 aromatic heterocycles. The summed E-state index contributed by atoms with van der Waals surface area (Å²) in [6, 6.07) is 8.37. The smallest absolute Gasteiger partial charge is 0.407 e. The Morgan fingerprint density at radius 2 is 1.92 bits per heavy atom. The van der Waals surface area contributed by atoms with Crippen molar-refractivity contribution in [2.24, 2.45) is 5.41 Å². The molecule has 4 heterocycles. The van der Waals surface area contributed by atoms with Gasteiger partial charge in [0.1, 0.15) is 11.5 Å². The first-order valence-corrected chi connectivity index (χ1v) is 12.9. The molecular formula is C26H26FN7O3S. The van der Waals surface area contributed by atoms with Crippen molar-refractivity contribution in [1.29, 1.82) is 0 Å². The number of nitrogens with one attached hydrogen (secondary N) is 1. The number of thiazole rings is 1. The highest BCUT2D eigenvalue weighted by atomic mass is 32.1. The van der Waals surface area contributed by atoms with Crippen LogP contribution in [0.25, 0.3) is 21.5 Å². The van der Waals surface area contributed by atoms with Crippen molar-refractivity contribution in [3.8, 4) is 11.3 Å². The van der Waals surface area contributed by atoms with Crippen molar-refractivity contribution in [2.45, 2.75) is 26.8 Å². The molecule has 1 aromatic carbocycles. The predicted octanol–water partition coefficient (Wildman–Crippen LogP) is 4.88. The molecule has 1 unspecified atom stereocenters. The first kappa shape index (κ1) is 25.5. The molecule has 2 amide bonds. The Bertz CT molecular complexity index is 1500. The molecule has 1 aliphatic rings. The Balaban J connectivity index is 1.30. The molecule has 2 N–H and O–H groups in total.